The summed E-state index contributed by atoms with van der Waals surface area (Å²) in [4.78, 5) is 8.45. The first-order valence-electron chi connectivity index (χ1n) is 5.69. The number of hydrogen-bond donors (Lipinski definition) is 1. The highest BCUT2D eigenvalue weighted by Crippen LogP contribution is 2.28. The van der Waals surface area contributed by atoms with Gasteiger partial charge >= 0.3 is 0 Å². The Labute approximate surface area is 100 Å². The zero-order valence-corrected chi connectivity index (χ0v) is 10.3. The summed E-state index contributed by atoms with van der Waals surface area (Å²) in [5, 5.41) is 4.89. The molecule has 0 radical (unpaired) electrons. The Bertz CT molecular complexity index is 329. The van der Waals surface area contributed by atoms with Crippen LogP contribution in [0, 0.1) is 0 Å². The number of aromatic nitrogens is 2. The van der Waals surface area contributed by atoms with Gasteiger partial charge in [0.1, 0.15) is 17.2 Å². The molecule has 16 heavy (non-hydrogen) atoms. The molecular formula is C11H17N3OS. The van der Waals surface area contributed by atoms with Gasteiger partial charge in [0, 0.05) is 31.1 Å². The van der Waals surface area contributed by atoms with Gasteiger partial charge in [-0.05, 0) is 19.8 Å². The number of anilines is 1. The molecule has 0 amide bonds. The molecule has 0 saturated carbocycles. The van der Waals surface area contributed by atoms with Gasteiger partial charge in [-0.2, -0.15) is 0 Å². The van der Waals surface area contributed by atoms with Crippen LogP contribution in [0.2, 0.25) is 0 Å². The third kappa shape index (κ3) is 3.35. The Morgan fingerprint density at radius 1 is 1.44 bits per heavy atom. The molecule has 1 aromatic rings. The molecule has 2 rings (SSSR count). The lowest BCUT2D eigenvalue weighted by Gasteiger charge is -2.20. The lowest BCUT2D eigenvalue weighted by atomic mass is 10.2. The molecule has 0 atom stereocenters. The van der Waals surface area contributed by atoms with Crippen molar-refractivity contribution in [2.24, 2.45) is 0 Å². The molecule has 1 aromatic heterocycles. The number of thioether (sulfide) groups is 1. The Kier molecular flexibility index (Phi) is 4.42. The van der Waals surface area contributed by atoms with Crippen molar-refractivity contribution in [2.75, 3.05) is 25.1 Å². The second-order valence-corrected chi connectivity index (χ2v) is 5.02. The summed E-state index contributed by atoms with van der Waals surface area (Å²) in [5.41, 5.74) is 0. The average molecular weight is 239 g/mol. The van der Waals surface area contributed by atoms with Crippen molar-refractivity contribution >= 4 is 17.6 Å². The standard InChI is InChI=1S/C11H17N3OS/c1-2-12-10-7-11(14-8-13-10)16-9-3-5-15-6-4-9/h7-9H,2-6H2,1H3,(H,12,13,14). The minimum Gasteiger partial charge on any atom is -0.381 e. The van der Waals surface area contributed by atoms with E-state index in [4.69, 9.17) is 4.74 Å². The molecule has 0 bridgehead atoms. The van der Waals surface area contributed by atoms with E-state index < -0.39 is 0 Å². The van der Waals surface area contributed by atoms with E-state index >= 15 is 0 Å². The summed E-state index contributed by atoms with van der Waals surface area (Å²) >= 11 is 1.83. The van der Waals surface area contributed by atoms with Gasteiger partial charge in [0.05, 0.1) is 0 Å². The molecule has 5 heteroatoms. The van der Waals surface area contributed by atoms with E-state index in [0.29, 0.717) is 5.25 Å². The SMILES string of the molecule is CCNc1cc(SC2CCOCC2)ncn1. The lowest BCUT2D eigenvalue weighted by molar-refractivity contribution is 0.1000. The summed E-state index contributed by atoms with van der Waals surface area (Å²) in [6.07, 6.45) is 3.86. The molecule has 0 spiro atoms. The van der Waals surface area contributed by atoms with Crippen LogP contribution in [0.1, 0.15) is 19.8 Å². The summed E-state index contributed by atoms with van der Waals surface area (Å²) in [6.45, 7) is 4.71. The van der Waals surface area contributed by atoms with Crippen molar-refractivity contribution in [1.29, 1.82) is 0 Å². The minimum absolute atomic E-state index is 0.637. The maximum atomic E-state index is 5.34. The number of rotatable bonds is 4. The monoisotopic (exact) mass is 239 g/mol. The predicted molar refractivity (Wildman–Crippen MR) is 65.9 cm³/mol. The van der Waals surface area contributed by atoms with Gasteiger partial charge in [0.2, 0.25) is 0 Å². The van der Waals surface area contributed by atoms with Gasteiger partial charge in [-0.3, -0.25) is 0 Å². The van der Waals surface area contributed by atoms with Gasteiger partial charge in [0.25, 0.3) is 0 Å². The first-order valence-corrected chi connectivity index (χ1v) is 6.56. The van der Waals surface area contributed by atoms with Crippen molar-refractivity contribution in [2.45, 2.75) is 30.0 Å². The van der Waals surface area contributed by atoms with E-state index in [2.05, 4.69) is 22.2 Å². The molecular weight excluding hydrogens is 222 g/mol. The zero-order chi connectivity index (χ0) is 11.2. The fourth-order valence-electron chi connectivity index (χ4n) is 1.65. The molecule has 0 aliphatic carbocycles. The van der Waals surface area contributed by atoms with E-state index in [1.807, 2.05) is 17.8 Å². The normalized spacial score (nSPS) is 17.3. The Hall–Kier alpha value is -0.810. The average Bonchev–Trinajstić information content (AvgIpc) is 2.31. The molecule has 4 nitrogen and oxygen atoms in total. The number of nitrogens with zero attached hydrogens (tertiary/aromatic N) is 2. The molecule has 1 fully saturated rings. The molecule has 1 saturated heterocycles. The molecule has 2 heterocycles. The molecule has 88 valence electrons. The van der Waals surface area contributed by atoms with Gasteiger partial charge in [-0.15, -0.1) is 11.8 Å². The minimum atomic E-state index is 0.637. The van der Waals surface area contributed by atoms with Crippen molar-refractivity contribution in [1.82, 2.24) is 9.97 Å². The van der Waals surface area contributed by atoms with Crippen molar-refractivity contribution in [3.63, 3.8) is 0 Å². The van der Waals surface area contributed by atoms with Crippen LogP contribution in [-0.4, -0.2) is 35.0 Å². The van der Waals surface area contributed by atoms with Crippen LogP contribution >= 0.6 is 11.8 Å². The smallest absolute Gasteiger partial charge is 0.130 e. The second-order valence-electron chi connectivity index (χ2n) is 3.70. The van der Waals surface area contributed by atoms with E-state index in [-0.39, 0.29) is 0 Å². The third-order valence-corrected chi connectivity index (χ3v) is 3.73. The van der Waals surface area contributed by atoms with Gasteiger partial charge in [-0.1, -0.05) is 0 Å². The summed E-state index contributed by atoms with van der Waals surface area (Å²) in [7, 11) is 0. The number of nitrogens with one attached hydrogen (secondary N) is 1. The van der Waals surface area contributed by atoms with Gasteiger partial charge in [0.15, 0.2) is 0 Å². The Balaban J connectivity index is 1.94. The van der Waals surface area contributed by atoms with Crippen LogP contribution in [0.3, 0.4) is 0 Å². The van der Waals surface area contributed by atoms with E-state index in [1.54, 1.807) is 6.33 Å². The quantitative estimate of drug-likeness (QED) is 0.816. The Morgan fingerprint density at radius 2 is 2.25 bits per heavy atom. The van der Waals surface area contributed by atoms with Crippen LogP contribution in [0.15, 0.2) is 17.4 Å². The maximum absolute atomic E-state index is 5.34. The molecule has 1 N–H and O–H groups in total. The van der Waals surface area contributed by atoms with Crippen LogP contribution in [0.5, 0.6) is 0 Å². The molecule has 1 aliphatic rings. The van der Waals surface area contributed by atoms with Crippen LogP contribution in [0.4, 0.5) is 5.82 Å². The highest BCUT2D eigenvalue weighted by molar-refractivity contribution is 7.99. The lowest BCUT2D eigenvalue weighted by Crippen LogP contribution is -2.17. The molecule has 1 aliphatic heterocycles. The van der Waals surface area contributed by atoms with Crippen LogP contribution in [-0.2, 0) is 4.74 Å². The van der Waals surface area contributed by atoms with Crippen LogP contribution < -0.4 is 5.32 Å². The fraction of sp³-hybridized carbons (Fsp3) is 0.636. The van der Waals surface area contributed by atoms with Crippen molar-refractivity contribution in [3.8, 4) is 0 Å². The third-order valence-electron chi connectivity index (χ3n) is 2.46. The van der Waals surface area contributed by atoms with Crippen molar-refractivity contribution in [3.05, 3.63) is 12.4 Å². The van der Waals surface area contributed by atoms with E-state index in [1.165, 1.54) is 0 Å². The number of hydrogen-bond acceptors (Lipinski definition) is 5. The highest BCUT2D eigenvalue weighted by Gasteiger charge is 2.15. The highest BCUT2D eigenvalue weighted by atomic mass is 32.2. The zero-order valence-electron chi connectivity index (χ0n) is 9.48. The number of ether oxygens (including phenoxy) is 1. The first kappa shape index (κ1) is 11.7. The summed E-state index contributed by atoms with van der Waals surface area (Å²) in [5.74, 6) is 0.909. The van der Waals surface area contributed by atoms with E-state index in [0.717, 1.165) is 43.4 Å². The maximum Gasteiger partial charge on any atom is 0.130 e. The summed E-state index contributed by atoms with van der Waals surface area (Å²) < 4.78 is 5.34. The van der Waals surface area contributed by atoms with Gasteiger partial charge in [-0.25, -0.2) is 9.97 Å². The fourth-order valence-corrected chi connectivity index (χ4v) is 2.70. The topological polar surface area (TPSA) is 47.0 Å². The Morgan fingerprint density at radius 3 is 3.00 bits per heavy atom. The predicted octanol–water partition coefficient (Wildman–Crippen LogP) is 2.18. The second kappa shape index (κ2) is 6.06. The molecule has 0 aromatic carbocycles. The largest absolute Gasteiger partial charge is 0.381 e. The van der Waals surface area contributed by atoms with Crippen LogP contribution in [0.25, 0.3) is 0 Å². The molecule has 0 unspecified atom stereocenters. The van der Waals surface area contributed by atoms with E-state index in [9.17, 15) is 0 Å². The van der Waals surface area contributed by atoms with Crippen molar-refractivity contribution < 1.29 is 4.74 Å². The summed E-state index contributed by atoms with van der Waals surface area (Å²) in [6, 6.07) is 2.02. The first-order chi connectivity index (χ1) is 7.88. The van der Waals surface area contributed by atoms with Gasteiger partial charge < -0.3 is 10.1 Å².